The summed E-state index contributed by atoms with van der Waals surface area (Å²) in [4.78, 5) is 2.70. The van der Waals surface area contributed by atoms with Crippen LogP contribution >= 0.6 is 0 Å². The largest absolute Gasteiger partial charge is 0.472 e. The Morgan fingerprint density at radius 1 is 1.00 bits per heavy atom. The number of nitrogens with zero attached hydrogens (tertiary/aromatic N) is 1. The number of para-hydroxylation sites is 1. The number of piperidine rings is 1. The van der Waals surface area contributed by atoms with Crippen molar-refractivity contribution in [3.05, 3.63) is 83.3 Å². The molecule has 0 aliphatic carbocycles. The van der Waals surface area contributed by atoms with Gasteiger partial charge in [-0.3, -0.25) is 10.3 Å². The maximum atomic E-state index is 7.82. The van der Waals surface area contributed by atoms with Gasteiger partial charge in [-0.15, -0.1) is 0 Å². The molecule has 3 aliphatic rings. The van der Waals surface area contributed by atoms with Gasteiger partial charge in [-0.05, 0) is 49.8 Å². The minimum atomic E-state index is 0.0763. The van der Waals surface area contributed by atoms with E-state index in [0.29, 0.717) is 29.5 Å². The molecule has 3 unspecified atom stereocenters. The Labute approximate surface area is 182 Å². The topological polar surface area (TPSA) is 75.5 Å². The number of rotatable bonds is 4. The summed E-state index contributed by atoms with van der Waals surface area (Å²) >= 11 is 0. The molecule has 31 heavy (non-hydrogen) atoms. The highest BCUT2D eigenvalue weighted by atomic mass is 16.5. The molecule has 3 aromatic rings. The van der Waals surface area contributed by atoms with E-state index in [0.717, 1.165) is 18.0 Å². The zero-order valence-electron chi connectivity index (χ0n) is 17.5. The van der Waals surface area contributed by atoms with Gasteiger partial charge in [-0.2, -0.15) is 0 Å². The smallest absolute Gasteiger partial charge is 0.132 e. The molecule has 2 fully saturated rings. The Balaban J connectivity index is 1.34. The number of nitrogen functional groups attached to an aromatic ring is 1. The second-order valence-corrected chi connectivity index (χ2v) is 9.20. The Hall–Kier alpha value is -3.05. The van der Waals surface area contributed by atoms with Crippen molar-refractivity contribution >= 4 is 5.84 Å². The fourth-order valence-corrected chi connectivity index (χ4v) is 6.11. The monoisotopic (exact) mass is 413 g/mol. The fraction of sp³-hybridized carbons (Fsp3) is 0.346. The van der Waals surface area contributed by atoms with Crippen LogP contribution in [0.1, 0.15) is 53.9 Å². The number of fused-ring (bicyclic) bond motifs is 4. The van der Waals surface area contributed by atoms with E-state index in [9.17, 15) is 0 Å². The minimum Gasteiger partial charge on any atom is -0.472 e. The maximum absolute atomic E-state index is 7.82. The molecule has 5 heteroatoms. The van der Waals surface area contributed by atoms with Crippen LogP contribution in [-0.2, 0) is 6.54 Å². The standard InChI is InChI=1S/C26H27N3O2/c27-26(28)17-5-8-22-24(13-17)31-23-4-2-1-3-21(23)25(22)18-11-19-6-7-20(12-18)29(19)14-16-9-10-30-15-16/h1-5,8-10,13,15,18-20,25H,6-7,11-12,14H2,(H3,27,28). The second kappa shape index (κ2) is 7.27. The van der Waals surface area contributed by atoms with E-state index in [2.05, 4.69) is 35.2 Å². The number of hydrogen-bond acceptors (Lipinski definition) is 4. The van der Waals surface area contributed by atoms with E-state index in [1.54, 1.807) is 6.26 Å². The number of nitrogens with two attached hydrogens (primary N) is 1. The number of hydrogen-bond donors (Lipinski definition) is 2. The van der Waals surface area contributed by atoms with Crippen LogP contribution in [0.2, 0.25) is 0 Å². The number of ether oxygens (including phenoxy) is 1. The summed E-state index contributed by atoms with van der Waals surface area (Å²) in [6.45, 7) is 0.988. The molecule has 2 bridgehead atoms. The Kier molecular flexibility index (Phi) is 4.39. The zero-order chi connectivity index (χ0) is 20.9. The van der Waals surface area contributed by atoms with Gasteiger partial charge in [0.25, 0.3) is 0 Å². The van der Waals surface area contributed by atoms with Gasteiger partial charge in [0, 0.05) is 46.8 Å². The van der Waals surface area contributed by atoms with Crippen LogP contribution in [0.5, 0.6) is 11.5 Å². The number of amidine groups is 1. The van der Waals surface area contributed by atoms with Crippen LogP contribution in [0.3, 0.4) is 0 Å². The van der Waals surface area contributed by atoms with Gasteiger partial charge >= 0.3 is 0 Å². The third-order valence-electron chi connectivity index (χ3n) is 7.47. The number of benzene rings is 2. The van der Waals surface area contributed by atoms with Crippen molar-refractivity contribution in [1.29, 1.82) is 5.41 Å². The third-order valence-corrected chi connectivity index (χ3v) is 7.47. The van der Waals surface area contributed by atoms with Crippen molar-refractivity contribution in [2.45, 2.75) is 50.2 Å². The molecule has 3 N–H and O–H groups in total. The molecular weight excluding hydrogens is 386 g/mol. The molecule has 3 aliphatic heterocycles. The predicted octanol–water partition coefficient (Wildman–Crippen LogP) is 5.24. The van der Waals surface area contributed by atoms with Crippen LogP contribution in [0, 0.1) is 11.3 Å². The van der Waals surface area contributed by atoms with E-state index >= 15 is 0 Å². The molecular formula is C26H27N3O2. The van der Waals surface area contributed by atoms with Gasteiger partial charge in [0.1, 0.15) is 17.3 Å². The van der Waals surface area contributed by atoms with E-state index < -0.39 is 0 Å². The lowest BCUT2D eigenvalue weighted by molar-refractivity contribution is 0.0887. The SMILES string of the molecule is N=C(N)c1ccc2c(c1)Oc1ccccc1C2C1CC2CCC(C1)N2Cc1ccoc1. The molecule has 2 saturated heterocycles. The number of nitrogens with one attached hydrogen (secondary N) is 1. The van der Waals surface area contributed by atoms with Crippen LogP contribution in [0.15, 0.2) is 65.5 Å². The first kappa shape index (κ1) is 18.7. The Morgan fingerprint density at radius 2 is 1.77 bits per heavy atom. The molecule has 3 atom stereocenters. The van der Waals surface area contributed by atoms with Crippen LogP contribution in [0.4, 0.5) is 0 Å². The first-order valence-electron chi connectivity index (χ1n) is 11.2. The molecule has 0 radical (unpaired) electrons. The van der Waals surface area contributed by atoms with Gasteiger partial charge in [-0.1, -0.05) is 30.3 Å². The highest BCUT2D eigenvalue weighted by Crippen LogP contribution is 2.53. The van der Waals surface area contributed by atoms with Gasteiger partial charge in [0.2, 0.25) is 0 Å². The zero-order valence-corrected chi connectivity index (χ0v) is 17.5. The van der Waals surface area contributed by atoms with Crippen molar-refractivity contribution in [3.63, 3.8) is 0 Å². The van der Waals surface area contributed by atoms with E-state index in [-0.39, 0.29) is 5.84 Å². The summed E-state index contributed by atoms with van der Waals surface area (Å²) in [5.74, 6) is 2.76. The van der Waals surface area contributed by atoms with Crippen molar-refractivity contribution in [3.8, 4) is 11.5 Å². The molecule has 158 valence electrons. The minimum absolute atomic E-state index is 0.0763. The van der Waals surface area contributed by atoms with Crippen molar-refractivity contribution < 1.29 is 9.15 Å². The molecule has 5 nitrogen and oxygen atoms in total. The van der Waals surface area contributed by atoms with Gasteiger partial charge in [-0.25, -0.2) is 0 Å². The highest BCUT2D eigenvalue weighted by molar-refractivity contribution is 5.95. The predicted molar refractivity (Wildman–Crippen MR) is 120 cm³/mol. The maximum Gasteiger partial charge on any atom is 0.132 e. The summed E-state index contributed by atoms with van der Waals surface area (Å²) < 4.78 is 11.6. The van der Waals surface area contributed by atoms with Gasteiger partial charge < -0.3 is 14.9 Å². The van der Waals surface area contributed by atoms with Crippen molar-refractivity contribution in [2.75, 3.05) is 0 Å². The normalized spacial score (nSPS) is 26.7. The van der Waals surface area contributed by atoms with Crippen LogP contribution < -0.4 is 10.5 Å². The van der Waals surface area contributed by atoms with E-state index in [4.69, 9.17) is 20.3 Å². The van der Waals surface area contributed by atoms with Crippen molar-refractivity contribution in [1.82, 2.24) is 4.90 Å². The van der Waals surface area contributed by atoms with Crippen LogP contribution in [0.25, 0.3) is 0 Å². The lowest BCUT2D eigenvalue weighted by Gasteiger charge is -2.43. The highest BCUT2D eigenvalue weighted by Gasteiger charge is 2.45. The van der Waals surface area contributed by atoms with Gasteiger partial charge in [0.15, 0.2) is 0 Å². The number of furan rings is 1. The lowest BCUT2D eigenvalue weighted by atomic mass is 9.72. The summed E-state index contributed by atoms with van der Waals surface area (Å²) in [6.07, 6.45) is 8.60. The Morgan fingerprint density at radius 3 is 2.52 bits per heavy atom. The average molecular weight is 414 g/mol. The van der Waals surface area contributed by atoms with Gasteiger partial charge in [0.05, 0.1) is 12.5 Å². The molecule has 0 saturated carbocycles. The molecule has 4 heterocycles. The summed E-state index contributed by atoms with van der Waals surface area (Å²) in [5, 5.41) is 7.82. The van der Waals surface area contributed by atoms with Crippen LogP contribution in [-0.4, -0.2) is 22.8 Å². The summed E-state index contributed by atoms with van der Waals surface area (Å²) in [5.41, 5.74) is 10.3. The van der Waals surface area contributed by atoms with E-state index in [1.165, 1.54) is 42.4 Å². The lowest BCUT2D eigenvalue weighted by Crippen LogP contribution is -2.43. The molecule has 6 rings (SSSR count). The summed E-state index contributed by atoms with van der Waals surface area (Å²) in [6, 6.07) is 17.8. The fourth-order valence-electron chi connectivity index (χ4n) is 6.11. The molecule has 1 aromatic heterocycles. The van der Waals surface area contributed by atoms with Crippen molar-refractivity contribution in [2.24, 2.45) is 11.7 Å². The summed E-state index contributed by atoms with van der Waals surface area (Å²) in [7, 11) is 0. The quantitative estimate of drug-likeness (QED) is 0.453. The first-order chi connectivity index (χ1) is 15.2. The second-order valence-electron chi connectivity index (χ2n) is 9.20. The third kappa shape index (κ3) is 3.15. The molecule has 0 amide bonds. The van der Waals surface area contributed by atoms with E-state index in [1.807, 2.05) is 24.5 Å². The average Bonchev–Trinajstić information content (AvgIpc) is 3.37. The Bertz CT molecular complexity index is 1110. The molecule has 2 aromatic carbocycles. The first-order valence-corrected chi connectivity index (χ1v) is 11.2. The molecule has 0 spiro atoms.